The Kier molecular flexibility index (Phi) is 8.99. The molecule has 7 nitrogen and oxygen atoms in total. The fraction of sp³-hybridized carbons (Fsp3) is 0.179. The van der Waals surface area contributed by atoms with E-state index < -0.39 is 5.91 Å². The first-order chi connectivity index (χ1) is 18.2. The Morgan fingerprint density at radius 3 is 2.55 bits per heavy atom. The first-order valence-electron chi connectivity index (χ1n) is 11.7. The van der Waals surface area contributed by atoms with Crippen molar-refractivity contribution in [2.45, 2.75) is 20.4 Å². The topological polar surface area (TPSA) is 84.9 Å². The molecule has 0 unspecified atom stereocenters. The van der Waals surface area contributed by atoms with E-state index in [0.717, 1.165) is 22.2 Å². The number of nitrogens with one attached hydrogen (secondary N) is 1. The molecule has 1 N–H and O–H groups in total. The number of anilines is 1. The molecule has 1 fully saturated rings. The predicted molar refractivity (Wildman–Crippen MR) is 151 cm³/mol. The van der Waals surface area contributed by atoms with Crippen LogP contribution in [0, 0.1) is 6.92 Å². The van der Waals surface area contributed by atoms with Gasteiger partial charge in [-0.3, -0.25) is 19.3 Å². The summed E-state index contributed by atoms with van der Waals surface area (Å²) in [4.78, 5) is 39.3. The van der Waals surface area contributed by atoms with Crippen molar-refractivity contribution in [3.8, 4) is 11.5 Å². The second kappa shape index (κ2) is 12.4. The van der Waals surface area contributed by atoms with E-state index in [1.54, 1.807) is 48.5 Å². The zero-order chi connectivity index (χ0) is 27.2. The second-order valence-electron chi connectivity index (χ2n) is 8.36. The molecule has 1 heterocycles. The summed E-state index contributed by atoms with van der Waals surface area (Å²) in [5.74, 6) is 0.0886. The standard InChI is InChI=1S/C28H24Cl2N2O5S/c1-3-36-24-13-18(8-10-23(24)37-16-26(33)31-20-6-4-5-17(2)11-20)14-25-27(34)32(28(35)38-25)15-19-7-9-21(29)22(30)12-19/h4-14H,3,15-16H2,1-2H3,(H,31,33)/b25-14-. The molecule has 0 spiro atoms. The van der Waals surface area contributed by atoms with Gasteiger partial charge in [0.15, 0.2) is 18.1 Å². The van der Waals surface area contributed by atoms with Gasteiger partial charge in [0.05, 0.1) is 28.1 Å². The summed E-state index contributed by atoms with van der Waals surface area (Å²) in [6.45, 7) is 4.02. The lowest BCUT2D eigenvalue weighted by Gasteiger charge is -2.13. The van der Waals surface area contributed by atoms with Gasteiger partial charge in [-0.1, -0.05) is 47.5 Å². The van der Waals surface area contributed by atoms with Crippen molar-refractivity contribution in [3.05, 3.63) is 92.3 Å². The van der Waals surface area contributed by atoms with Gasteiger partial charge in [-0.05, 0) is 84.8 Å². The zero-order valence-corrected chi connectivity index (χ0v) is 23.0. The quantitative estimate of drug-likeness (QED) is 0.280. The summed E-state index contributed by atoms with van der Waals surface area (Å²) in [5.41, 5.74) is 3.05. The van der Waals surface area contributed by atoms with E-state index in [1.165, 1.54) is 0 Å². The number of benzene rings is 3. The number of imide groups is 1. The summed E-state index contributed by atoms with van der Waals surface area (Å²) < 4.78 is 11.4. The summed E-state index contributed by atoms with van der Waals surface area (Å²) in [5, 5.41) is 3.17. The number of carbonyl (C=O) groups is 3. The molecule has 0 aromatic heterocycles. The Morgan fingerprint density at radius 2 is 1.82 bits per heavy atom. The lowest BCUT2D eigenvalue weighted by Crippen LogP contribution is -2.27. The van der Waals surface area contributed by atoms with Crippen LogP contribution in [0.2, 0.25) is 10.0 Å². The van der Waals surface area contributed by atoms with Crippen LogP contribution in [-0.2, 0) is 16.1 Å². The van der Waals surface area contributed by atoms with Gasteiger partial charge in [0.2, 0.25) is 0 Å². The number of hydrogen-bond acceptors (Lipinski definition) is 6. The molecule has 3 amide bonds. The van der Waals surface area contributed by atoms with Crippen molar-refractivity contribution in [1.29, 1.82) is 0 Å². The molecule has 1 aliphatic heterocycles. The third-order valence-corrected chi connectivity index (χ3v) is 7.07. The maximum atomic E-state index is 13.0. The molecule has 0 bridgehead atoms. The van der Waals surface area contributed by atoms with Crippen molar-refractivity contribution < 1.29 is 23.9 Å². The highest BCUT2D eigenvalue weighted by molar-refractivity contribution is 8.18. The molecule has 38 heavy (non-hydrogen) atoms. The highest BCUT2D eigenvalue weighted by Gasteiger charge is 2.35. The van der Waals surface area contributed by atoms with Gasteiger partial charge in [-0.25, -0.2) is 0 Å². The maximum Gasteiger partial charge on any atom is 0.293 e. The van der Waals surface area contributed by atoms with Crippen molar-refractivity contribution in [1.82, 2.24) is 4.90 Å². The van der Waals surface area contributed by atoms with Gasteiger partial charge in [-0.2, -0.15) is 0 Å². The van der Waals surface area contributed by atoms with Crippen LogP contribution in [0.4, 0.5) is 10.5 Å². The van der Waals surface area contributed by atoms with E-state index in [-0.39, 0.29) is 29.2 Å². The van der Waals surface area contributed by atoms with Crippen LogP contribution in [0.5, 0.6) is 11.5 Å². The van der Waals surface area contributed by atoms with Gasteiger partial charge in [-0.15, -0.1) is 0 Å². The Morgan fingerprint density at radius 1 is 1.00 bits per heavy atom. The first-order valence-corrected chi connectivity index (χ1v) is 13.3. The number of ether oxygens (including phenoxy) is 2. The SMILES string of the molecule is CCOc1cc(/C=C2\SC(=O)N(Cc3ccc(Cl)c(Cl)c3)C2=O)ccc1OCC(=O)Nc1cccc(C)c1. The van der Waals surface area contributed by atoms with Crippen molar-refractivity contribution in [2.24, 2.45) is 0 Å². The number of halogens is 2. The van der Waals surface area contributed by atoms with Crippen LogP contribution in [-0.4, -0.2) is 35.2 Å². The molecule has 4 rings (SSSR count). The molecule has 3 aromatic rings. The number of thioether (sulfide) groups is 1. The molecule has 0 saturated carbocycles. The monoisotopic (exact) mass is 570 g/mol. The largest absolute Gasteiger partial charge is 0.490 e. The molecular weight excluding hydrogens is 547 g/mol. The van der Waals surface area contributed by atoms with Crippen molar-refractivity contribution in [3.63, 3.8) is 0 Å². The van der Waals surface area contributed by atoms with Gasteiger partial charge >= 0.3 is 0 Å². The summed E-state index contributed by atoms with van der Waals surface area (Å²) in [7, 11) is 0. The maximum absolute atomic E-state index is 13.0. The fourth-order valence-corrected chi connectivity index (χ4v) is 4.83. The lowest BCUT2D eigenvalue weighted by molar-refractivity contribution is -0.123. The highest BCUT2D eigenvalue weighted by atomic mass is 35.5. The zero-order valence-electron chi connectivity index (χ0n) is 20.6. The van der Waals surface area contributed by atoms with Crippen LogP contribution >= 0.6 is 35.0 Å². The summed E-state index contributed by atoms with van der Waals surface area (Å²) in [6.07, 6.45) is 1.62. The van der Waals surface area contributed by atoms with Crippen LogP contribution in [0.1, 0.15) is 23.6 Å². The first kappa shape index (κ1) is 27.6. The smallest absolute Gasteiger partial charge is 0.293 e. The number of hydrogen-bond donors (Lipinski definition) is 1. The Balaban J connectivity index is 1.44. The number of aryl methyl sites for hydroxylation is 1. The third kappa shape index (κ3) is 6.89. The van der Waals surface area contributed by atoms with E-state index in [4.69, 9.17) is 32.7 Å². The molecule has 1 aliphatic rings. The predicted octanol–water partition coefficient (Wildman–Crippen LogP) is 6.95. The normalized spacial score (nSPS) is 14.2. The Bertz CT molecular complexity index is 1430. The van der Waals surface area contributed by atoms with E-state index in [9.17, 15) is 14.4 Å². The van der Waals surface area contributed by atoms with Crippen LogP contribution in [0.25, 0.3) is 6.08 Å². The molecule has 0 aliphatic carbocycles. The Labute approximate surface area is 234 Å². The summed E-state index contributed by atoms with van der Waals surface area (Å²) in [6, 6.07) is 17.5. The van der Waals surface area contributed by atoms with E-state index in [2.05, 4.69) is 5.32 Å². The average Bonchev–Trinajstić information content (AvgIpc) is 3.13. The minimum atomic E-state index is -0.405. The van der Waals surface area contributed by atoms with E-state index in [1.807, 2.05) is 32.0 Å². The minimum absolute atomic E-state index is 0.0838. The second-order valence-corrected chi connectivity index (χ2v) is 10.2. The van der Waals surface area contributed by atoms with Crippen LogP contribution in [0.15, 0.2) is 65.6 Å². The number of rotatable bonds is 9. The van der Waals surface area contributed by atoms with Gasteiger partial charge in [0.25, 0.3) is 17.1 Å². The molecule has 3 aromatic carbocycles. The molecular formula is C28H24Cl2N2O5S. The fourth-order valence-electron chi connectivity index (χ4n) is 3.67. The van der Waals surface area contributed by atoms with Gasteiger partial charge in [0.1, 0.15) is 0 Å². The molecule has 10 heteroatoms. The van der Waals surface area contributed by atoms with Crippen LogP contribution < -0.4 is 14.8 Å². The third-order valence-electron chi connectivity index (χ3n) is 5.42. The van der Waals surface area contributed by atoms with Gasteiger partial charge < -0.3 is 14.8 Å². The Hall–Kier alpha value is -3.46. The number of carbonyl (C=O) groups excluding carboxylic acids is 3. The van der Waals surface area contributed by atoms with Gasteiger partial charge in [0, 0.05) is 5.69 Å². The van der Waals surface area contributed by atoms with Crippen molar-refractivity contribution >= 4 is 63.8 Å². The molecule has 0 atom stereocenters. The average molecular weight is 571 g/mol. The molecule has 1 saturated heterocycles. The molecule has 0 radical (unpaired) electrons. The number of amides is 3. The lowest BCUT2D eigenvalue weighted by atomic mass is 10.1. The van der Waals surface area contributed by atoms with Crippen molar-refractivity contribution in [2.75, 3.05) is 18.5 Å². The van der Waals surface area contributed by atoms with E-state index >= 15 is 0 Å². The minimum Gasteiger partial charge on any atom is -0.490 e. The summed E-state index contributed by atoms with van der Waals surface area (Å²) >= 11 is 12.9. The number of nitrogens with zero attached hydrogens (tertiary/aromatic N) is 1. The highest BCUT2D eigenvalue weighted by Crippen LogP contribution is 2.36. The van der Waals surface area contributed by atoms with E-state index in [0.29, 0.717) is 45.0 Å². The van der Waals surface area contributed by atoms with Crippen LogP contribution in [0.3, 0.4) is 0 Å². The molecule has 196 valence electrons.